The topological polar surface area (TPSA) is 71.1 Å². The second-order valence-corrected chi connectivity index (χ2v) is 6.12. The van der Waals surface area contributed by atoms with Crippen LogP contribution in [0.5, 0.6) is 11.5 Å². The fourth-order valence-corrected chi connectivity index (χ4v) is 2.73. The Bertz CT molecular complexity index is 828. The summed E-state index contributed by atoms with van der Waals surface area (Å²) in [5, 5.41) is 0. The molecule has 0 radical (unpaired) electrons. The summed E-state index contributed by atoms with van der Waals surface area (Å²) >= 11 is 0. The Kier molecular flexibility index (Phi) is 7.87. The number of carbonyl (C=O) groups is 2. The molecule has 0 fully saturated rings. The van der Waals surface area contributed by atoms with Crippen molar-refractivity contribution >= 4 is 11.9 Å². The second kappa shape index (κ2) is 10.3. The molecule has 0 saturated carbocycles. The lowest BCUT2D eigenvalue weighted by Gasteiger charge is -2.17. The maximum Gasteiger partial charge on any atom is 0.344 e. The number of ether oxygens (including phenoxy) is 4. The van der Waals surface area contributed by atoms with Crippen molar-refractivity contribution in [2.45, 2.75) is 27.7 Å². The highest BCUT2D eigenvalue weighted by Crippen LogP contribution is 2.38. The summed E-state index contributed by atoms with van der Waals surface area (Å²) in [5.74, 6) is 0.108. The van der Waals surface area contributed by atoms with Gasteiger partial charge in [-0.2, -0.15) is 0 Å². The van der Waals surface area contributed by atoms with E-state index in [1.807, 2.05) is 44.2 Å². The van der Waals surface area contributed by atoms with Gasteiger partial charge in [-0.15, -0.1) is 0 Å². The number of carbonyl (C=O) groups excluding carboxylic acids is 2. The smallest absolute Gasteiger partial charge is 0.344 e. The predicted molar refractivity (Wildman–Crippen MR) is 106 cm³/mol. The van der Waals surface area contributed by atoms with Crippen LogP contribution in [0.25, 0.3) is 11.1 Å². The number of rotatable bonds is 9. The van der Waals surface area contributed by atoms with Crippen LogP contribution in [0.2, 0.25) is 0 Å². The van der Waals surface area contributed by atoms with Crippen LogP contribution in [0.15, 0.2) is 36.4 Å². The Morgan fingerprint density at radius 3 is 2.11 bits per heavy atom. The average molecular weight is 386 g/mol. The van der Waals surface area contributed by atoms with Crippen molar-refractivity contribution in [2.75, 3.05) is 26.4 Å². The molecule has 28 heavy (non-hydrogen) atoms. The molecule has 0 saturated heterocycles. The lowest BCUT2D eigenvalue weighted by atomic mass is 9.99. The summed E-state index contributed by atoms with van der Waals surface area (Å²) in [5.41, 5.74) is 3.58. The number of esters is 2. The van der Waals surface area contributed by atoms with Gasteiger partial charge in [0.15, 0.2) is 13.2 Å². The quantitative estimate of drug-likeness (QED) is 0.610. The molecule has 0 unspecified atom stereocenters. The molecule has 0 heterocycles. The molecule has 0 aliphatic heterocycles. The lowest BCUT2D eigenvalue weighted by molar-refractivity contribution is -0.146. The van der Waals surface area contributed by atoms with Crippen molar-refractivity contribution in [3.8, 4) is 22.6 Å². The Balaban J connectivity index is 2.34. The van der Waals surface area contributed by atoms with Crippen LogP contribution in [-0.2, 0) is 19.1 Å². The van der Waals surface area contributed by atoms with Crippen LogP contribution in [-0.4, -0.2) is 38.4 Å². The third-order valence-corrected chi connectivity index (χ3v) is 3.98. The zero-order valence-electron chi connectivity index (χ0n) is 16.7. The summed E-state index contributed by atoms with van der Waals surface area (Å²) in [6.07, 6.45) is 0. The van der Waals surface area contributed by atoms with Crippen molar-refractivity contribution in [3.63, 3.8) is 0 Å². The van der Waals surface area contributed by atoms with Crippen LogP contribution in [0, 0.1) is 13.8 Å². The molecule has 6 heteroatoms. The molecule has 0 amide bonds. The fraction of sp³-hybridized carbons (Fsp3) is 0.364. The summed E-state index contributed by atoms with van der Waals surface area (Å²) in [4.78, 5) is 23.3. The first-order chi connectivity index (χ1) is 13.5. The number of hydrogen-bond acceptors (Lipinski definition) is 6. The molecule has 0 spiro atoms. The minimum atomic E-state index is -0.449. The van der Waals surface area contributed by atoms with E-state index in [0.717, 1.165) is 16.7 Å². The number of benzene rings is 2. The molecule has 0 bridgehead atoms. The third-order valence-electron chi connectivity index (χ3n) is 3.98. The van der Waals surface area contributed by atoms with Gasteiger partial charge in [-0.3, -0.25) is 0 Å². The summed E-state index contributed by atoms with van der Waals surface area (Å²) in [7, 11) is 0. The van der Waals surface area contributed by atoms with Crippen LogP contribution in [0.4, 0.5) is 0 Å². The van der Waals surface area contributed by atoms with Gasteiger partial charge in [0.05, 0.1) is 13.2 Å². The monoisotopic (exact) mass is 386 g/mol. The van der Waals surface area contributed by atoms with Crippen LogP contribution >= 0.6 is 0 Å². The molecule has 2 aromatic rings. The molecule has 150 valence electrons. The first-order valence-electron chi connectivity index (χ1n) is 9.23. The maximum absolute atomic E-state index is 11.8. The highest BCUT2D eigenvalue weighted by Gasteiger charge is 2.17. The Morgan fingerprint density at radius 1 is 0.857 bits per heavy atom. The van der Waals surface area contributed by atoms with E-state index in [9.17, 15) is 9.59 Å². The van der Waals surface area contributed by atoms with Crippen LogP contribution in [0.3, 0.4) is 0 Å². The van der Waals surface area contributed by atoms with Crippen molar-refractivity contribution < 1.29 is 28.5 Å². The standard InChI is InChI=1S/C22H26O6/c1-5-25-20(23)13-27-19-11-10-18(17-9-7-8-15(3)12-17)22(16(19)4)28-14-21(24)26-6-2/h7-12H,5-6,13-14H2,1-4H3. The van der Waals surface area contributed by atoms with E-state index in [4.69, 9.17) is 18.9 Å². The van der Waals surface area contributed by atoms with Crippen molar-refractivity contribution in [3.05, 3.63) is 47.5 Å². The molecule has 0 N–H and O–H groups in total. The van der Waals surface area contributed by atoms with Gasteiger partial charge in [-0.25, -0.2) is 9.59 Å². The van der Waals surface area contributed by atoms with Crippen molar-refractivity contribution in [1.29, 1.82) is 0 Å². The van der Waals surface area contributed by atoms with Gasteiger partial charge in [-0.05, 0) is 45.4 Å². The van der Waals surface area contributed by atoms with E-state index >= 15 is 0 Å². The zero-order chi connectivity index (χ0) is 20.5. The zero-order valence-corrected chi connectivity index (χ0v) is 16.7. The van der Waals surface area contributed by atoms with Gasteiger partial charge >= 0.3 is 11.9 Å². The fourth-order valence-electron chi connectivity index (χ4n) is 2.73. The minimum absolute atomic E-state index is 0.199. The Morgan fingerprint density at radius 2 is 1.50 bits per heavy atom. The first kappa shape index (κ1) is 21.3. The van der Waals surface area contributed by atoms with Crippen molar-refractivity contribution in [1.82, 2.24) is 0 Å². The van der Waals surface area contributed by atoms with E-state index < -0.39 is 11.9 Å². The summed E-state index contributed by atoms with van der Waals surface area (Å²) in [6.45, 7) is 7.47. The van der Waals surface area contributed by atoms with Gasteiger partial charge in [0.2, 0.25) is 0 Å². The van der Waals surface area contributed by atoms with Gasteiger partial charge in [-0.1, -0.05) is 29.8 Å². The highest BCUT2D eigenvalue weighted by molar-refractivity contribution is 5.76. The van der Waals surface area contributed by atoms with Crippen LogP contribution in [0.1, 0.15) is 25.0 Å². The van der Waals surface area contributed by atoms with E-state index in [1.54, 1.807) is 19.9 Å². The highest BCUT2D eigenvalue weighted by atomic mass is 16.6. The molecule has 2 aromatic carbocycles. The van der Waals surface area contributed by atoms with Gasteiger partial charge in [0.25, 0.3) is 0 Å². The molecule has 2 rings (SSSR count). The molecule has 6 nitrogen and oxygen atoms in total. The van der Waals surface area contributed by atoms with E-state index in [0.29, 0.717) is 23.7 Å². The minimum Gasteiger partial charge on any atom is -0.481 e. The molecular formula is C22H26O6. The van der Waals surface area contributed by atoms with Gasteiger partial charge in [0.1, 0.15) is 11.5 Å². The second-order valence-electron chi connectivity index (χ2n) is 6.12. The number of aryl methyl sites for hydroxylation is 1. The molecule has 0 aliphatic carbocycles. The van der Waals surface area contributed by atoms with Crippen molar-refractivity contribution in [2.24, 2.45) is 0 Å². The number of hydrogen-bond donors (Lipinski definition) is 0. The SMILES string of the molecule is CCOC(=O)COc1ccc(-c2cccc(C)c2)c(OCC(=O)OCC)c1C. The van der Waals surface area contributed by atoms with E-state index in [-0.39, 0.29) is 19.8 Å². The summed E-state index contributed by atoms with van der Waals surface area (Å²) < 4.78 is 21.2. The molecular weight excluding hydrogens is 360 g/mol. The van der Waals surface area contributed by atoms with Gasteiger partial charge < -0.3 is 18.9 Å². The van der Waals surface area contributed by atoms with E-state index in [1.165, 1.54) is 0 Å². The largest absolute Gasteiger partial charge is 0.481 e. The third kappa shape index (κ3) is 5.74. The first-order valence-corrected chi connectivity index (χ1v) is 9.23. The Labute approximate surface area is 165 Å². The van der Waals surface area contributed by atoms with Crippen LogP contribution < -0.4 is 9.47 Å². The summed E-state index contributed by atoms with van der Waals surface area (Å²) in [6, 6.07) is 11.6. The molecule has 0 aliphatic rings. The molecule has 0 atom stereocenters. The normalized spacial score (nSPS) is 10.3. The Hall–Kier alpha value is -3.02. The predicted octanol–water partition coefficient (Wildman–Crippen LogP) is 3.85. The average Bonchev–Trinajstić information content (AvgIpc) is 2.66. The van der Waals surface area contributed by atoms with E-state index in [2.05, 4.69) is 0 Å². The van der Waals surface area contributed by atoms with Gasteiger partial charge in [0, 0.05) is 11.1 Å². The maximum atomic E-state index is 11.8. The molecule has 0 aromatic heterocycles. The lowest BCUT2D eigenvalue weighted by Crippen LogP contribution is -2.17.